The second-order valence-electron chi connectivity index (χ2n) is 3.34. The maximum Gasteiger partial charge on any atom is 0.271 e. The smallest absolute Gasteiger partial charge is 0.271 e. The highest BCUT2D eigenvalue weighted by molar-refractivity contribution is 5.91. The van der Waals surface area contributed by atoms with Crippen LogP contribution in [0.25, 0.3) is 10.4 Å². The van der Waals surface area contributed by atoms with Crippen molar-refractivity contribution in [2.45, 2.75) is 12.8 Å². The molecular weight excluding hydrogens is 208 g/mol. The van der Waals surface area contributed by atoms with Crippen LogP contribution in [0, 0.1) is 0 Å². The van der Waals surface area contributed by atoms with Crippen molar-refractivity contribution in [3.63, 3.8) is 0 Å². The number of rotatable bonds is 6. The summed E-state index contributed by atoms with van der Waals surface area (Å²) in [5.41, 5.74) is 8.45. The molecule has 0 bridgehead atoms. The molecule has 1 aromatic rings. The Morgan fingerprint density at radius 2 is 2.50 bits per heavy atom. The normalized spacial score (nSPS) is 9.56. The molecule has 0 aliphatic heterocycles. The molecule has 7 nitrogen and oxygen atoms in total. The fourth-order valence-corrected chi connectivity index (χ4v) is 1.17. The Kier molecular flexibility index (Phi) is 4.88. The first kappa shape index (κ1) is 12.1. The van der Waals surface area contributed by atoms with E-state index in [4.69, 9.17) is 5.53 Å². The predicted molar refractivity (Wildman–Crippen MR) is 58.8 cm³/mol. The molecule has 1 aromatic heterocycles. The maximum atomic E-state index is 11.5. The van der Waals surface area contributed by atoms with Crippen LogP contribution in [0.3, 0.4) is 0 Å². The molecule has 0 atom stereocenters. The average Bonchev–Trinajstić information content (AvgIpc) is 2.70. The molecule has 0 saturated carbocycles. The Labute approximate surface area is 93.1 Å². The summed E-state index contributed by atoms with van der Waals surface area (Å²) >= 11 is 0. The van der Waals surface area contributed by atoms with Crippen molar-refractivity contribution in [1.82, 2.24) is 14.9 Å². The Hall–Kier alpha value is -2.01. The van der Waals surface area contributed by atoms with Gasteiger partial charge in [0.25, 0.3) is 5.91 Å². The van der Waals surface area contributed by atoms with Crippen LogP contribution in [-0.4, -0.2) is 28.5 Å². The van der Waals surface area contributed by atoms with Gasteiger partial charge >= 0.3 is 0 Å². The van der Waals surface area contributed by atoms with Gasteiger partial charge in [-0.2, -0.15) is 0 Å². The number of carbonyl (C=O) groups is 1. The van der Waals surface area contributed by atoms with Crippen LogP contribution in [0.15, 0.2) is 17.6 Å². The summed E-state index contributed by atoms with van der Waals surface area (Å²) in [7, 11) is 1.81. The van der Waals surface area contributed by atoms with Crippen LogP contribution in [0.1, 0.15) is 23.3 Å². The zero-order chi connectivity index (χ0) is 11.8. The lowest BCUT2D eigenvalue weighted by atomic mass is 10.3. The number of carbonyl (C=O) groups excluding carboxylic acids is 1. The van der Waals surface area contributed by atoms with E-state index in [1.54, 1.807) is 17.1 Å². The molecule has 7 heteroatoms. The molecule has 0 saturated heterocycles. The SMILES string of the molecule is Cn1cnc(C(=O)NCCCCN=[N+]=[N-])c1. The zero-order valence-corrected chi connectivity index (χ0v) is 9.13. The zero-order valence-electron chi connectivity index (χ0n) is 9.13. The highest BCUT2D eigenvalue weighted by Gasteiger charge is 2.06. The van der Waals surface area contributed by atoms with Gasteiger partial charge in [0.1, 0.15) is 5.69 Å². The van der Waals surface area contributed by atoms with Crippen molar-refractivity contribution < 1.29 is 4.79 Å². The van der Waals surface area contributed by atoms with Crippen molar-refractivity contribution in [1.29, 1.82) is 0 Å². The van der Waals surface area contributed by atoms with E-state index in [1.807, 2.05) is 7.05 Å². The minimum atomic E-state index is -0.176. The van der Waals surface area contributed by atoms with Gasteiger partial charge in [0.2, 0.25) is 0 Å². The van der Waals surface area contributed by atoms with E-state index in [9.17, 15) is 4.79 Å². The van der Waals surface area contributed by atoms with E-state index in [0.29, 0.717) is 18.8 Å². The van der Waals surface area contributed by atoms with Crippen LogP contribution in [0.5, 0.6) is 0 Å². The van der Waals surface area contributed by atoms with Gasteiger partial charge in [0.15, 0.2) is 0 Å². The largest absolute Gasteiger partial charge is 0.351 e. The molecule has 86 valence electrons. The average molecular weight is 222 g/mol. The Balaban J connectivity index is 2.18. The topological polar surface area (TPSA) is 95.7 Å². The number of aryl methyl sites for hydroxylation is 1. The first-order valence-electron chi connectivity index (χ1n) is 5.01. The minimum absolute atomic E-state index is 0.176. The van der Waals surface area contributed by atoms with E-state index >= 15 is 0 Å². The molecule has 1 amide bonds. The fraction of sp³-hybridized carbons (Fsp3) is 0.556. The lowest BCUT2D eigenvalue weighted by Crippen LogP contribution is -2.24. The summed E-state index contributed by atoms with van der Waals surface area (Å²) in [4.78, 5) is 18.1. The van der Waals surface area contributed by atoms with Crippen molar-refractivity contribution in [3.05, 3.63) is 28.7 Å². The quantitative estimate of drug-likeness (QED) is 0.339. The lowest BCUT2D eigenvalue weighted by molar-refractivity contribution is 0.0948. The number of amides is 1. The number of imidazole rings is 1. The van der Waals surface area contributed by atoms with Crippen molar-refractivity contribution >= 4 is 5.91 Å². The van der Waals surface area contributed by atoms with Crippen LogP contribution in [-0.2, 0) is 7.05 Å². The minimum Gasteiger partial charge on any atom is -0.351 e. The van der Waals surface area contributed by atoms with Crippen molar-refractivity contribution in [2.24, 2.45) is 12.2 Å². The van der Waals surface area contributed by atoms with Crippen molar-refractivity contribution in [3.8, 4) is 0 Å². The number of hydrogen-bond acceptors (Lipinski definition) is 3. The number of azide groups is 1. The number of hydrogen-bond donors (Lipinski definition) is 1. The summed E-state index contributed by atoms with van der Waals surface area (Å²) in [6.45, 7) is 1.03. The molecule has 1 N–H and O–H groups in total. The highest BCUT2D eigenvalue weighted by Crippen LogP contribution is 1.94. The molecule has 1 heterocycles. The number of nitrogens with one attached hydrogen (secondary N) is 1. The summed E-state index contributed by atoms with van der Waals surface area (Å²) in [5, 5.41) is 6.14. The molecular formula is C9H14N6O. The third-order valence-corrected chi connectivity index (χ3v) is 1.97. The maximum absolute atomic E-state index is 11.5. The monoisotopic (exact) mass is 222 g/mol. The van der Waals surface area contributed by atoms with Gasteiger partial charge in [-0.1, -0.05) is 5.11 Å². The Bertz CT molecular complexity index is 392. The molecule has 0 aliphatic rings. The summed E-state index contributed by atoms with van der Waals surface area (Å²) < 4.78 is 1.72. The first-order chi connectivity index (χ1) is 7.74. The van der Waals surface area contributed by atoms with E-state index in [-0.39, 0.29) is 5.91 Å². The molecule has 16 heavy (non-hydrogen) atoms. The lowest BCUT2D eigenvalue weighted by Gasteiger charge is -2.01. The van der Waals surface area contributed by atoms with Crippen LogP contribution < -0.4 is 5.32 Å². The van der Waals surface area contributed by atoms with Gasteiger partial charge in [-0.25, -0.2) is 4.98 Å². The van der Waals surface area contributed by atoms with E-state index in [0.717, 1.165) is 12.8 Å². The van der Waals surface area contributed by atoms with Crippen molar-refractivity contribution in [2.75, 3.05) is 13.1 Å². The van der Waals surface area contributed by atoms with Gasteiger partial charge in [0, 0.05) is 31.2 Å². The standard InChI is InChI=1S/C9H14N6O/c1-15-6-8(12-7-15)9(16)11-4-2-3-5-13-14-10/h6-7H,2-5H2,1H3,(H,11,16). The first-order valence-corrected chi connectivity index (χ1v) is 5.01. The number of aromatic nitrogens is 2. The summed E-state index contributed by atoms with van der Waals surface area (Å²) in [6.07, 6.45) is 4.80. The third-order valence-electron chi connectivity index (χ3n) is 1.97. The molecule has 0 spiro atoms. The predicted octanol–water partition coefficient (Wildman–Crippen LogP) is 1.24. The number of nitrogens with zero attached hydrogens (tertiary/aromatic N) is 5. The highest BCUT2D eigenvalue weighted by atomic mass is 16.1. The molecule has 0 fully saturated rings. The third kappa shape index (κ3) is 4.02. The van der Waals surface area contributed by atoms with Gasteiger partial charge in [-0.15, -0.1) is 0 Å². The van der Waals surface area contributed by atoms with Crippen LogP contribution in [0.4, 0.5) is 0 Å². The second kappa shape index (κ2) is 6.47. The molecule has 0 aliphatic carbocycles. The Morgan fingerprint density at radius 3 is 3.12 bits per heavy atom. The second-order valence-corrected chi connectivity index (χ2v) is 3.34. The molecule has 0 unspecified atom stereocenters. The number of unbranched alkanes of at least 4 members (excludes halogenated alkanes) is 1. The van der Waals surface area contributed by atoms with Gasteiger partial charge in [-0.3, -0.25) is 4.79 Å². The molecule has 0 radical (unpaired) electrons. The van der Waals surface area contributed by atoms with E-state index < -0.39 is 0 Å². The van der Waals surface area contributed by atoms with Gasteiger partial charge in [-0.05, 0) is 18.4 Å². The van der Waals surface area contributed by atoms with E-state index in [2.05, 4.69) is 20.3 Å². The summed E-state index contributed by atoms with van der Waals surface area (Å²) in [6, 6.07) is 0. The van der Waals surface area contributed by atoms with E-state index in [1.165, 1.54) is 0 Å². The molecule has 1 rings (SSSR count). The van der Waals surface area contributed by atoms with Gasteiger partial charge < -0.3 is 9.88 Å². The Morgan fingerprint density at radius 1 is 1.69 bits per heavy atom. The fourth-order valence-electron chi connectivity index (χ4n) is 1.17. The van der Waals surface area contributed by atoms with Crippen LogP contribution in [0.2, 0.25) is 0 Å². The summed E-state index contributed by atoms with van der Waals surface area (Å²) in [5.74, 6) is -0.176. The van der Waals surface area contributed by atoms with Gasteiger partial charge in [0.05, 0.1) is 6.33 Å². The van der Waals surface area contributed by atoms with Crippen LogP contribution >= 0.6 is 0 Å². The molecule has 0 aromatic carbocycles.